The van der Waals surface area contributed by atoms with Gasteiger partial charge in [-0.2, -0.15) is 0 Å². The topological polar surface area (TPSA) is 30.3 Å². The molecule has 0 spiro atoms. The van der Waals surface area contributed by atoms with E-state index in [0.29, 0.717) is 6.10 Å². The van der Waals surface area contributed by atoms with Gasteiger partial charge in [0.15, 0.2) is 0 Å². The number of hydrogen-bond acceptors (Lipinski definition) is 3. The lowest BCUT2D eigenvalue weighted by atomic mass is 10.0. The van der Waals surface area contributed by atoms with Crippen molar-refractivity contribution in [2.24, 2.45) is 0 Å². The predicted octanol–water partition coefficient (Wildman–Crippen LogP) is 12.6. The molecule has 0 saturated heterocycles. The summed E-state index contributed by atoms with van der Waals surface area (Å²) >= 11 is 0. The summed E-state index contributed by atoms with van der Waals surface area (Å²) in [5.74, 6) is 0. The molecule has 0 atom stereocenters. The van der Waals surface area contributed by atoms with E-state index in [1.807, 2.05) is 12.5 Å². The zero-order chi connectivity index (χ0) is 31.6. The van der Waals surface area contributed by atoms with Crippen molar-refractivity contribution in [1.29, 1.82) is 0 Å². The Kier molecular flexibility index (Phi) is 31.3. The molecule has 0 aliphatic carbocycles. The monoisotopic (exact) mass is 618 g/mol. The summed E-state index contributed by atoms with van der Waals surface area (Å²) in [7, 11) is 0. The zero-order valence-corrected chi connectivity index (χ0v) is 30.4. The van der Waals surface area contributed by atoms with Crippen LogP contribution in [0.2, 0.25) is 0 Å². The van der Waals surface area contributed by atoms with Gasteiger partial charge in [0.05, 0.1) is 12.4 Å². The fourth-order valence-electron chi connectivity index (χ4n) is 6.53. The standard InChI is InChI=1S/C40H79N3O/c1-4-7-10-13-16-21-26-33-42(35-29-36-43-37-32-41-39-43)34-27-22-17-18-23-28-38-44-40(30-24-19-14-11-8-5-2)31-25-20-15-12-9-6-3/h32,37,39-40H,4-31,33-36,38H2,1-3H3. The zero-order valence-electron chi connectivity index (χ0n) is 30.4. The Hall–Kier alpha value is -0.870. The third-order valence-electron chi connectivity index (χ3n) is 9.51. The lowest BCUT2D eigenvalue weighted by Crippen LogP contribution is -2.28. The van der Waals surface area contributed by atoms with Crippen LogP contribution in [0.3, 0.4) is 0 Å². The Labute approximate surface area is 276 Å². The van der Waals surface area contributed by atoms with Gasteiger partial charge < -0.3 is 14.2 Å². The lowest BCUT2D eigenvalue weighted by molar-refractivity contribution is 0.0357. The van der Waals surface area contributed by atoms with E-state index in [1.165, 1.54) is 199 Å². The van der Waals surface area contributed by atoms with Gasteiger partial charge in [-0.25, -0.2) is 4.98 Å². The molecule has 1 heterocycles. The molecular formula is C40H79N3O. The first-order chi connectivity index (χ1) is 21.8. The quantitative estimate of drug-likeness (QED) is 0.0702. The van der Waals surface area contributed by atoms with Gasteiger partial charge in [0.1, 0.15) is 0 Å². The van der Waals surface area contributed by atoms with Crippen LogP contribution in [-0.4, -0.2) is 46.8 Å². The van der Waals surface area contributed by atoms with Crippen LogP contribution in [0.4, 0.5) is 0 Å². The van der Waals surface area contributed by atoms with E-state index in [4.69, 9.17) is 4.74 Å². The van der Waals surface area contributed by atoms with Crippen LogP contribution < -0.4 is 0 Å². The van der Waals surface area contributed by atoms with Crippen molar-refractivity contribution in [2.75, 3.05) is 26.2 Å². The van der Waals surface area contributed by atoms with Gasteiger partial charge in [-0.1, -0.05) is 162 Å². The third-order valence-corrected chi connectivity index (χ3v) is 9.51. The molecule has 0 bridgehead atoms. The number of hydrogen-bond donors (Lipinski definition) is 0. The summed E-state index contributed by atoms with van der Waals surface area (Å²) in [6.45, 7) is 12.8. The van der Waals surface area contributed by atoms with Crippen LogP contribution in [0.1, 0.15) is 201 Å². The van der Waals surface area contributed by atoms with Gasteiger partial charge in [0.2, 0.25) is 0 Å². The smallest absolute Gasteiger partial charge is 0.0945 e. The fraction of sp³-hybridized carbons (Fsp3) is 0.925. The molecule has 0 amide bonds. The number of unbranched alkanes of at least 4 members (excludes halogenated alkanes) is 21. The maximum atomic E-state index is 6.48. The van der Waals surface area contributed by atoms with Gasteiger partial charge in [-0.15, -0.1) is 0 Å². The number of aryl methyl sites for hydroxylation is 1. The largest absolute Gasteiger partial charge is 0.378 e. The van der Waals surface area contributed by atoms with Crippen LogP contribution in [0.15, 0.2) is 18.7 Å². The second-order valence-electron chi connectivity index (χ2n) is 13.8. The number of rotatable bonds is 36. The van der Waals surface area contributed by atoms with Crippen molar-refractivity contribution in [3.63, 3.8) is 0 Å². The first-order valence-corrected chi connectivity index (χ1v) is 20.1. The van der Waals surface area contributed by atoms with E-state index in [1.54, 1.807) is 0 Å². The maximum Gasteiger partial charge on any atom is 0.0945 e. The molecule has 0 aromatic carbocycles. The van der Waals surface area contributed by atoms with Crippen molar-refractivity contribution in [3.8, 4) is 0 Å². The van der Waals surface area contributed by atoms with E-state index in [-0.39, 0.29) is 0 Å². The molecular weight excluding hydrogens is 538 g/mol. The average Bonchev–Trinajstić information content (AvgIpc) is 3.56. The highest BCUT2D eigenvalue weighted by Crippen LogP contribution is 2.18. The van der Waals surface area contributed by atoms with Gasteiger partial charge in [0.25, 0.3) is 0 Å². The highest BCUT2D eigenvalue weighted by atomic mass is 16.5. The number of nitrogens with zero attached hydrogens (tertiary/aromatic N) is 3. The first kappa shape index (κ1) is 41.2. The second kappa shape index (κ2) is 33.5. The molecule has 4 heteroatoms. The van der Waals surface area contributed by atoms with E-state index in [9.17, 15) is 0 Å². The van der Waals surface area contributed by atoms with Crippen LogP contribution in [-0.2, 0) is 11.3 Å². The van der Waals surface area contributed by atoms with Crippen LogP contribution in [0.25, 0.3) is 0 Å². The molecule has 0 N–H and O–H groups in total. The van der Waals surface area contributed by atoms with Gasteiger partial charge >= 0.3 is 0 Å². The van der Waals surface area contributed by atoms with Gasteiger partial charge in [-0.05, 0) is 58.2 Å². The van der Waals surface area contributed by atoms with Crippen molar-refractivity contribution in [1.82, 2.24) is 14.5 Å². The predicted molar refractivity (Wildman–Crippen MR) is 195 cm³/mol. The molecule has 0 saturated carbocycles. The maximum absolute atomic E-state index is 6.48. The Morgan fingerprint density at radius 2 is 0.955 bits per heavy atom. The molecule has 0 unspecified atom stereocenters. The molecule has 44 heavy (non-hydrogen) atoms. The molecule has 0 radical (unpaired) electrons. The minimum atomic E-state index is 0.517. The van der Waals surface area contributed by atoms with Crippen LogP contribution in [0.5, 0.6) is 0 Å². The van der Waals surface area contributed by atoms with Crippen LogP contribution in [0, 0.1) is 0 Å². The first-order valence-electron chi connectivity index (χ1n) is 20.1. The Bertz CT molecular complexity index is 633. The summed E-state index contributed by atoms with van der Waals surface area (Å²) in [5, 5.41) is 0. The molecule has 0 fully saturated rings. The highest BCUT2D eigenvalue weighted by Gasteiger charge is 2.09. The number of aromatic nitrogens is 2. The molecule has 0 aliphatic rings. The van der Waals surface area contributed by atoms with Gasteiger partial charge in [0, 0.05) is 25.5 Å². The van der Waals surface area contributed by atoms with Crippen molar-refractivity contribution in [3.05, 3.63) is 18.7 Å². The van der Waals surface area contributed by atoms with Crippen LogP contribution >= 0.6 is 0 Å². The summed E-state index contributed by atoms with van der Waals surface area (Å²) in [6, 6.07) is 0. The summed E-state index contributed by atoms with van der Waals surface area (Å²) in [4.78, 5) is 6.96. The van der Waals surface area contributed by atoms with E-state index >= 15 is 0 Å². The van der Waals surface area contributed by atoms with E-state index in [0.717, 1.165) is 13.2 Å². The Morgan fingerprint density at radius 3 is 1.43 bits per heavy atom. The molecule has 0 aliphatic heterocycles. The van der Waals surface area contributed by atoms with E-state index in [2.05, 4.69) is 41.4 Å². The number of ether oxygens (including phenoxy) is 1. The number of imidazole rings is 1. The summed E-state index contributed by atoms with van der Waals surface area (Å²) in [5.41, 5.74) is 0. The summed E-state index contributed by atoms with van der Waals surface area (Å²) in [6.07, 6.45) is 44.9. The third kappa shape index (κ3) is 27.4. The fourth-order valence-corrected chi connectivity index (χ4v) is 6.53. The summed E-state index contributed by atoms with van der Waals surface area (Å²) < 4.78 is 8.71. The Morgan fingerprint density at radius 1 is 0.523 bits per heavy atom. The molecule has 1 aromatic rings. The lowest BCUT2D eigenvalue weighted by Gasteiger charge is -2.22. The second-order valence-corrected chi connectivity index (χ2v) is 13.8. The highest BCUT2D eigenvalue weighted by molar-refractivity contribution is 4.74. The van der Waals surface area contributed by atoms with Crippen molar-refractivity contribution < 1.29 is 4.74 Å². The average molecular weight is 618 g/mol. The molecule has 1 rings (SSSR count). The minimum absolute atomic E-state index is 0.517. The Balaban J connectivity index is 2.18. The minimum Gasteiger partial charge on any atom is -0.378 e. The molecule has 1 aromatic heterocycles. The van der Waals surface area contributed by atoms with Gasteiger partial charge in [-0.3, -0.25) is 0 Å². The van der Waals surface area contributed by atoms with E-state index < -0.39 is 0 Å². The SMILES string of the molecule is CCCCCCCCCN(CCCCCCCCOC(CCCCCCCC)CCCCCCCC)CCCn1ccnc1. The molecule has 4 nitrogen and oxygen atoms in total. The molecule has 260 valence electrons. The van der Waals surface area contributed by atoms with Crippen molar-refractivity contribution >= 4 is 0 Å². The van der Waals surface area contributed by atoms with Crippen molar-refractivity contribution in [2.45, 2.75) is 213 Å². The normalized spacial score (nSPS) is 11.8.